The molecule has 0 N–H and O–H groups in total. The molecule has 0 aromatic heterocycles. The molecule has 0 aromatic carbocycles. The maximum absolute atomic E-state index is 12.3. The van der Waals surface area contributed by atoms with E-state index in [4.69, 9.17) is 14.2 Å². The van der Waals surface area contributed by atoms with Crippen molar-refractivity contribution in [1.29, 1.82) is 0 Å². The fourth-order valence-electron chi connectivity index (χ4n) is 1.33. The second-order valence-electron chi connectivity index (χ2n) is 6.75. The second-order valence-corrected chi connectivity index (χ2v) is 10.7. The van der Waals surface area contributed by atoms with Crippen molar-refractivity contribution in [1.82, 2.24) is 0 Å². The van der Waals surface area contributed by atoms with Gasteiger partial charge in [-0.2, -0.15) is 0 Å². The first kappa shape index (κ1) is 24.0. The molecule has 0 rings (SSSR count). The van der Waals surface area contributed by atoms with E-state index < -0.39 is 32.0 Å². The molecule has 144 valence electrons. The summed E-state index contributed by atoms with van der Waals surface area (Å²) in [6.45, 7) is 7.08. The van der Waals surface area contributed by atoms with E-state index in [1.54, 1.807) is 27.7 Å². The summed E-state index contributed by atoms with van der Waals surface area (Å²) < 4.78 is 13.5. The van der Waals surface area contributed by atoms with E-state index >= 15 is 0 Å². The van der Waals surface area contributed by atoms with Gasteiger partial charge in [-0.1, -0.05) is 31.9 Å². The van der Waals surface area contributed by atoms with Gasteiger partial charge in [0.2, 0.25) is 0 Å². The molecule has 7 nitrogen and oxygen atoms in total. The average Bonchev–Trinajstić information content (AvgIpc) is 2.48. The summed E-state index contributed by atoms with van der Waals surface area (Å²) in [5, 5.41) is 0. The molecular formula is C16H24Br2O7. The molecule has 25 heavy (non-hydrogen) atoms. The molecule has 0 amide bonds. The minimum absolute atomic E-state index is 0.0459. The molecule has 0 bridgehead atoms. The number of aldehydes is 1. The molecule has 0 heterocycles. The van der Waals surface area contributed by atoms with Crippen molar-refractivity contribution in [3.63, 3.8) is 0 Å². The number of rotatable bonds is 10. The zero-order valence-corrected chi connectivity index (χ0v) is 18.2. The minimum Gasteiger partial charge on any atom is -0.465 e. The lowest BCUT2D eigenvalue weighted by molar-refractivity contribution is -0.171. The molecule has 0 aromatic rings. The van der Waals surface area contributed by atoms with Gasteiger partial charge in [0.15, 0.2) is 0 Å². The lowest BCUT2D eigenvalue weighted by Gasteiger charge is -2.28. The highest BCUT2D eigenvalue weighted by molar-refractivity contribution is 9.10. The van der Waals surface area contributed by atoms with E-state index in [1.807, 2.05) is 0 Å². The molecular weight excluding hydrogens is 464 g/mol. The number of hydrogen-bond acceptors (Lipinski definition) is 7. The van der Waals surface area contributed by atoms with Crippen LogP contribution >= 0.6 is 31.9 Å². The number of esters is 3. The van der Waals surface area contributed by atoms with Crippen LogP contribution in [0, 0.1) is 5.41 Å². The molecule has 9 heteroatoms. The predicted molar refractivity (Wildman–Crippen MR) is 97.7 cm³/mol. The Balaban J connectivity index is 5.08. The van der Waals surface area contributed by atoms with Gasteiger partial charge in [0.1, 0.15) is 33.6 Å². The summed E-state index contributed by atoms with van der Waals surface area (Å²) >= 11 is 6.33. The zero-order valence-electron chi connectivity index (χ0n) is 15.0. The number of carbonyl (C=O) groups is 4. The van der Waals surface area contributed by atoms with Gasteiger partial charge in [0.05, 0.1) is 6.61 Å². The van der Waals surface area contributed by atoms with Crippen LogP contribution in [0.3, 0.4) is 0 Å². The van der Waals surface area contributed by atoms with Crippen molar-refractivity contribution in [2.75, 3.05) is 19.8 Å². The molecule has 0 saturated heterocycles. The normalized spacial score (nSPS) is 12.3. The van der Waals surface area contributed by atoms with Gasteiger partial charge in [-0.3, -0.25) is 14.4 Å². The maximum Gasteiger partial charge on any atom is 0.322 e. The van der Waals surface area contributed by atoms with Crippen molar-refractivity contribution in [2.45, 2.75) is 49.7 Å². The van der Waals surface area contributed by atoms with Crippen molar-refractivity contribution in [3.05, 3.63) is 0 Å². The Morgan fingerprint density at radius 2 is 1.20 bits per heavy atom. The standard InChI is InChI=1S/C16H24Br2O7/c1-14(2,17)11(20)24-9-16(5,13(22)23-8-6-7-19)10-25-12(21)15(3,4)18/h7H,6,8-10H2,1-5H3. The molecule has 0 radical (unpaired) electrons. The summed E-state index contributed by atoms with van der Waals surface area (Å²) in [5.41, 5.74) is -1.40. The Labute approximate surface area is 164 Å². The first-order chi connectivity index (χ1) is 11.2. The Bertz CT molecular complexity index is 474. The van der Waals surface area contributed by atoms with Crippen LogP contribution < -0.4 is 0 Å². The third-order valence-electron chi connectivity index (χ3n) is 2.98. The second kappa shape index (κ2) is 9.66. The fraction of sp³-hybridized carbons (Fsp3) is 0.750. The molecule has 0 spiro atoms. The SMILES string of the molecule is CC(C)(Br)C(=O)OCC(C)(COC(=O)C(C)(C)Br)C(=O)OCCC=O. The van der Waals surface area contributed by atoms with Crippen LogP contribution in [-0.4, -0.2) is 52.7 Å². The highest BCUT2D eigenvalue weighted by Gasteiger charge is 2.41. The third-order valence-corrected chi connectivity index (χ3v) is 3.62. The van der Waals surface area contributed by atoms with E-state index in [0.717, 1.165) is 0 Å². The largest absolute Gasteiger partial charge is 0.465 e. The summed E-state index contributed by atoms with van der Waals surface area (Å²) in [4.78, 5) is 46.5. The van der Waals surface area contributed by atoms with Crippen LogP contribution in [0.5, 0.6) is 0 Å². The predicted octanol–water partition coefficient (Wildman–Crippen LogP) is 2.56. The minimum atomic E-state index is -1.40. The Morgan fingerprint density at radius 3 is 1.52 bits per heavy atom. The summed E-state index contributed by atoms with van der Waals surface area (Å²) in [5.74, 6) is -1.88. The molecule has 0 aliphatic rings. The number of hydrogen-bond donors (Lipinski definition) is 0. The number of halogens is 2. The van der Waals surface area contributed by atoms with E-state index in [2.05, 4.69) is 31.9 Å². The lowest BCUT2D eigenvalue weighted by Crippen LogP contribution is -2.43. The number of alkyl halides is 2. The summed E-state index contributed by atoms with van der Waals surface area (Å²) in [7, 11) is 0. The van der Waals surface area contributed by atoms with Crippen molar-refractivity contribution < 1.29 is 33.4 Å². The average molecular weight is 488 g/mol. The molecule has 0 fully saturated rings. The van der Waals surface area contributed by atoms with Crippen molar-refractivity contribution in [3.8, 4) is 0 Å². The van der Waals surface area contributed by atoms with Crippen LogP contribution in [0.4, 0.5) is 0 Å². The van der Waals surface area contributed by atoms with Crippen LogP contribution in [-0.2, 0) is 33.4 Å². The van der Waals surface area contributed by atoms with Crippen LogP contribution in [0.25, 0.3) is 0 Å². The zero-order chi connectivity index (χ0) is 19.9. The quantitative estimate of drug-likeness (QED) is 0.153. The van der Waals surface area contributed by atoms with Gasteiger partial charge in [0.25, 0.3) is 0 Å². The first-order valence-corrected chi connectivity index (χ1v) is 9.16. The van der Waals surface area contributed by atoms with E-state index in [1.165, 1.54) is 6.92 Å². The highest BCUT2D eigenvalue weighted by atomic mass is 79.9. The van der Waals surface area contributed by atoms with Gasteiger partial charge in [0, 0.05) is 6.42 Å². The van der Waals surface area contributed by atoms with Gasteiger partial charge >= 0.3 is 17.9 Å². The topological polar surface area (TPSA) is 96.0 Å². The third kappa shape index (κ3) is 8.80. The molecule has 0 aliphatic carbocycles. The number of carbonyl (C=O) groups excluding carboxylic acids is 4. The Morgan fingerprint density at radius 1 is 0.800 bits per heavy atom. The van der Waals surface area contributed by atoms with E-state index in [-0.39, 0.29) is 26.2 Å². The highest BCUT2D eigenvalue weighted by Crippen LogP contribution is 2.25. The van der Waals surface area contributed by atoms with Crippen LogP contribution in [0.15, 0.2) is 0 Å². The smallest absolute Gasteiger partial charge is 0.322 e. The first-order valence-electron chi connectivity index (χ1n) is 7.57. The summed E-state index contributed by atoms with van der Waals surface area (Å²) in [6.07, 6.45) is 0.662. The molecule has 0 unspecified atom stereocenters. The van der Waals surface area contributed by atoms with Gasteiger partial charge in [-0.15, -0.1) is 0 Å². The summed E-state index contributed by atoms with van der Waals surface area (Å²) in [6, 6.07) is 0. The maximum atomic E-state index is 12.3. The monoisotopic (exact) mass is 486 g/mol. The number of ether oxygens (including phenoxy) is 3. The lowest BCUT2D eigenvalue weighted by atomic mass is 9.93. The molecule has 0 atom stereocenters. The van der Waals surface area contributed by atoms with Gasteiger partial charge in [-0.25, -0.2) is 0 Å². The molecule has 0 saturated carbocycles. The van der Waals surface area contributed by atoms with Crippen LogP contribution in [0.1, 0.15) is 41.0 Å². The van der Waals surface area contributed by atoms with Crippen LogP contribution in [0.2, 0.25) is 0 Å². The van der Waals surface area contributed by atoms with Gasteiger partial charge in [-0.05, 0) is 34.6 Å². The van der Waals surface area contributed by atoms with E-state index in [9.17, 15) is 19.2 Å². The fourth-order valence-corrected chi connectivity index (χ4v) is 1.56. The molecule has 0 aliphatic heterocycles. The van der Waals surface area contributed by atoms with E-state index in [0.29, 0.717) is 6.29 Å². The van der Waals surface area contributed by atoms with Crippen molar-refractivity contribution in [2.24, 2.45) is 5.41 Å². The van der Waals surface area contributed by atoms with Gasteiger partial charge < -0.3 is 19.0 Å². The Hall–Kier alpha value is -0.960. The van der Waals surface area contributed by atoms with Crippen molar-refractivity contribution >= 4 is 56.1 Å². The Kier molecular flexibility index (Phi) is 9.29.